The van der Waals surface area contributed by atoms with Gasteiger partial charge in [-0.25, -0.2) is 0 Å². The fourth-order valence-corrected chi connectivity index (χ4v) is 1.50. The first-order valence-electron chi connectivity index (χ1n) is 5.78. The summed E-state index contributed by atoms with van der Waals surface area (Å²) in [4.78, 5) is 11.6. The van der Waals surface area contributed by atoms with Gasteiger partial charge in [0.25, 0.3) is 0 Å². The molecule has 19 heavy (non-hydrogen) atoms. The fraction of sp³-hybridized carbons (Fsp3) is 0.231. The topological polar surface area (TPSA) is 76.4 Å². The van der Waals surface area contributed by atoms with Gasteiger partial charge in [-0.3, -0.25) is 4.79 Å². The number of hydrogen-bond donors (Lipinski definition) is 2. The summed E-state index contributed by atoms with van der Waals surface area (Å²) in [5.74, 6) is 1.65. The Morgan fingerprint density at radius 3 is 2.68 bits per heavy atom. The molecule has 0 fully saturated rings. The molecule has 0 aliphatic rings. The van der Waals surface area contributed by atoms with E-state index < -0.39 is 0 Å². The highest BCUT2D eigenvalue weighted by Crippen LogP contribution is 2.14. The Balaban J connectivity index is 1.82. The van der Waals surface area contributed by atoms with Gasteiger partial charge in [-0.05, 0) is 31.2 Å². The Morgan fingerprint density at radius 2 is 2.11 bits per heavy atom. The molecule has 0 saturated heterocycles. The lowest BCUT2D eigenvalue weighted by Gasteiger charge is -2.06. The van der Waals surface area contributed by atoms with Crippen LogP contribution in [0.25, 0.3) is 0 Å². The number of amides is 1. The minimum atomic E-state index is -0.191. The molecule has 6 nitrogen and oxygen atoms in total. The minimum absolute atomic E-state index is 0.151. The first kappa shape index (κ1) is 12.9. The molecule has 0 spiro atoms. The molecule has 1 aromatic heterocycles. The normalized spacial score (nSPS) is 10.0. The smallest absolute Gasteiger partial charge is 0.244 e. The quantitative estimate of drug-likeness (QED) is 0.861. The van der Waals surface area contributed by atoms with E-state index in [9.17, 15) is 4.79 Å². The van der Waals surface area contributed by atoms with Crippen LogP contribution in [0, 0.1) is 6.92 Å². The molecule has 1 heterocycles. The number of hydrogen-bond acceptors (Lipinski definition) is 5. The number of nitrogens with one attached hydrogen (secondary N) is 2. The lowest BCUT2D eigenvalue weighted by Crippen LogP contribution is -2.21. The number of methoxy groups -OCH3 is 1. The number of aryl methyl sites for hydroxylation is 1. The molecule has 0 radical (unpaired) electrons. The largest absolute Gasteiger partial charge is 0.497 e. The van der Waals surface area contributed by atoms with Gasteiger partial charge >= 0.3 is 0 Å². The molecule has 2 N–H and O–H groups in total. The summed E-state index contributed by atoms with van der Waals surface area (Å²) >= 11 is 0. The Bertz CT molecular complexity index is 549. The molecule has 1 aromatic carbocycles. The number of nitrogens with zero attached hydrogens (tertiary/aromatic N) is 1. The van der Waals surface area contributed by atoms with Gasteiger partial charge in [0.15, 0.2) is 5.82 Å². The van der Waals surface area contributed by atoms with Crippen molar-refractivity contribution in [3.63, 3.8) is 0 Å². The average Bonchev–Trinajstić information content (AvgIpc) is 2.82. The minimum Gasteiger partial charge on any atom is -0.497 e. The van der Waals surface area contributed by atoms with E-state index in [1.54, 1.807) is 20.1 Å². The zero-order valence-electron chi connectivity index (χ0n) is 10.8. The second kappa shape index (κ2) is 5.90. The molecular weight excluding hydrogens is 246 g/mol. The maximum atomic E-state index is 11.6. The van der Waals surface area contributed by atoms with Crippen LogP contribution in [0.15, 0.2) is 34.9 Å². The van der Waals surface area contributed by atoms with Crippen LogP contribution in [0.4, 0.5) is 11.5 Å². The lowest BCUT2D eigenvalue weighted by atomic mass is 10.3. The van der Waals surface area contributed by atoms with E-state index in [-0.39, 0.29) is 12.5 Å². The van der Waals surface area contributed by atoms with Gasteiger partial charge < -0.3 is 19.9 Å². The van der Waals surface area contributed by atoms with Crippen molar-refractivity contribution in [3.8, 4) is 5.75 Å². The van der Waals surface area contributed by atoms with E-state index in [2.05, 4.69) is 15.8 Å². The number of carbonyl (C=O) groups excluding carboxylic acids is 1. The number of benzene rings is 1. The van der Waals surface area contributed by atoms with Crippen molar-refractivity contribution in [1.29, 1.82) is 0 Å². The van der Waals surface area contributed by atoms with Crippen molar-refractivity contribution in [2.45, 2.75) is 6.92 Å². The second-order valence-electron chi connectivity index (χ2n) is 3.95. The third-order valence-electron chi connectivity index (χ3n) is 2.44. The maximum Gasteiger partial charge on any atom is 0.244 e. The summed E-state index contributed by atoms with van der Waals surface area (Å²) in [7, 11) is 1.61. The predicted molar refractivity (Wildman–Crippen MR) is 71.4 cm³/mol. The summed E-state index contributed by atoms with van der Waals surface area (Å²) in [6, 6.07) is 8.98. The van der Waals surface area contributed by atoms with Crippen molar-refractivity contribution in [2.24, 2.45) is 0 Å². The van der Waals surface area contributed by atoms with Gasteiger partial charge in [0.1, 0.15) is 11.5 Å². The number of ether oxygens (including phenoxy) is 1. The molecule has 100 valence electrons. The van der Waals surface area contributed by atoms with E-state index in [4.69, 9.17) is 9.26 Å². The first-order chi connectivity index (χ1) is 9.17. The zero-order valence-corrected chi connectivity index (χ0v) is 10.8. The van der Waals surface area contributed by atoms with Crippen molar-refractivity contribution >= 4 is 17.4 Å². The van der Waals surface area contributed by atoms with Gasteiger partial charge in [-0.2, -0.15) is 0 Å². The highest BCUT2D eigenvalue weighted by molar-refractivity contribution is 5.92. The average molecular weight is 261 g/mol. The van der Waals surface area contributed by atoms with E-state index in [1.807, 2.05) is 24.3 Å². The van der Waals surface area contributed by atoms with Crippen LogP contribution in [0.3, 0.4) is 0 Å². The van der Waals surface area contributed by atoms with Gasteiger partial charge in [0.2, 0.25) is 5.91 Å². The van der Waals surface area contributed by atoms with Crippen LogP contribution in [0.2, 0.25) is 0 Å². The molecule has 0 saturated carbocycles. The van der Waals surface area contributed by atoms with Crippen LogP contribution < -0.4 is 15.4 Å². The van der Waals surface area contributed by atoms with E-state index >= 15 is 0 Å². The van der Waals surface area contributed by atoms with Crippen molar-refractivity contribution in [3.05, 3.63) is 36.1 Å². The molecule has 0 bridgehead atoms. The summed E-state index contributed by atoms with van der Waals surface area (Å²) in [5, 5.41) is 9.30. The third kappa shape index (κ3) is 3.74. The van der Waals surface area contributed by atoms with Gasteiger partial charge in [0, 0.05) is 11.8 Å². The van der Waals surface area contributed by atoms with E-state index in [1.165, 1.54) is 0 Å². The SMILES string of the molecule is COc1ccc(NCC(=O)Nc2cc(C)on2)cc1. The zero-order chi connectivity index (χ0) is 13.7. The van der Waals surface area contributed by atoms with E-state index in [0.717, 1.165) is 11.4 Å². The highest BCUT2D eigenvalue weighted by Gasteiger charge is 2.05. The number of aromatic nitrogens is 1. The van der Waals surface area contributed by atoms with Crippen LogP contribution in [-0.4, -0.2) is 24.7 Å². The van der Waals surface area contributed by atoms with Gasteiger partial charge in [-0.1, -0.05) is 5.16 Å². The van der Waals surface area contributed by atoms with Crippen LogP contribution >= 0.6 is 0 Å². The number of anilines is 2. The first-order valence-corrected chi connectivity index (χ1v) is 5.78. The third-order valence-corrected chi connectivity index (χ3v) is 2.44. The van der Waals surface area contributed by atoms with E-state index in [0.29, 0.717) is 11.6 Å². The molecular formula is C13H15N3O3. The Labute approximate surface area is 110 Å². The maximum absolute atomic E-state index is 11.6. The van der Waals surface area contributed by atoms with Gasteiger partial charge in [0.05, 0.1) is 13.7 Å². The van der Waals surface area contributed by atoms with Crippen LogP contribution in [-0.2, 0) is 4.79 Å². The molecule has 0 aliphatic heterocycles. The highest BCUT2D eigenvalue weighted by atomic mass is 16.5. The summed E-state index contributed by atoms with van der Waals surface area (Å²) in [6.45, 7) is 1.91. The molecule has 0 atom stereocenters. The Kier molecular flexibility index (Phi) is 4.02. The van der Waals surface area contributed by atoms with Gasteiger partial charge in [-0.15, -0.1) is 0 Å². The summed E-state index contributed by atoms with van der Waals surface area (Å²) in [5.41, 5.74) is 0.840. The van der Waals surface area contributed by atoms with Crippen LogP contribution in [0.1, 0.15) is 5.76 Å². The standard InChI is InChI=1S/C13H15N3O3/c1-9-7-12(16-19-9)15-13(17)8-14-10-3-5-11(18-2)6-4-10/h3-7,14H,8H2,1-2H3,(H,15,16,17). The van der Waals surface area contributed by atoms with Crippen LogP contribution in [0.5, 0.6) is 5.75 Å². The van der Waals surface area contributed by atoms with Crippen molar-refractivity contribution in [1.82, 2.24) is 5.16 Å². The Morgan fingerprint density at radius 1 is 1.37 bits per heavy atom. The second-order valence-corrected chi connectivity index (χ2v) is 3.95. The Hall–Kier alpha value is -2.50. The predicted octanol–water partition coefficient (Wildman–Crippen LogP) is 2.04. The molecule has 0 aliphatic carbocycles. The fourth-order valence-electron chi connectivity index (χ4n) is 1.50. The molecule has 1 amide bonds. The van der Waals surface area contributed by atoms with Crippen molar-refractivity contribution in [2.75, 3.05) is 24.3 Å². The molecule has 2 aromatic rings. The molecule has 6 heteroatoms. The summed E-state index contributed by atoms with van der Waals surface area (Å²) in [6.07, 6.45) is 0. The molecule has 0 unspecified atom stereocenters. The number of rotatable bonds is 5. The monoisotopic (exact) mass is 261 g/mol. The lowest BCUT2D eigenvalue weighted by molar-refractivity contribution is -0.114. The van der Waals surface area contributed by atoms with Crippen molar-refractivity contribution < 1.29 is 14.1 Å². The summed E-state index contributed by atoms with van der Waals surface area (Å²) < 4.78 is 9.91. The number of carbonyl (C=O) groups is 1. The molecule has 2 rings (SSSR count).